The van der Waals surface area contributed by atoms with Gasteiger partial charge in [0.1, 0.15) is 11.3 Å². The zero-order valence-corrected chi connectivity index (χ0v) is 15.8. The Balaban J connectivity index is 1.53. The number of rotatable bonds is 2. The fourth-order valence-corrected chi connectivity index (χ4v) is 4.83. The number of aromatic nitrogens is 1. The summed E-state index contributed by atoms with van der Waals surface area (Å²) in [5.74, 6) is 0.778. The number of hydrogen-bond donors (Lipinski definition) is 1. The Bertz CT molecular complexity index is 1220. The summed E-state index contributed by atoms with van der Waals surface area (Å²) < 4.78 is 31.7. The van der Waals surface area contributed by atoms with Crippen LogP contribution in [0.4, 0.5) is 20.0 Å². The maximum Gasteiger partial charge on any atom is 0.328 e. The third-order valence-corrected chi connectivity index (χ3v) is 6.18. The number of carbonyl (C=O) groups is 1. The normalized spacial score (nSPS) is 17.5. The Labute approximate surface area is 168 Å². The topological polar surface area (TPSA) is 72.9 Å². The second-order valence-corrected chi connectivity index (χ2v) is 7.84. The van der Waals surface area contributed by atoms with Crippen LogP contribution in [0.5, 0.6) is 11.5 Å². The first kappa shape index (κ1) is 16.8. The highest BCUT2D eigenvalue weighted by Crippen LogP contribution is 2.45. The number of amides is 2. The number of hydrogen-bond acceptors (Lipinski definition) is 6. The van der Waals surface area contributed by atoms with Crippen molar-refractivity contribution >= 4 is 44.0 Å². The van der Waals surface area contributed by atoms with Crippen LogP contribution in [0.1, 0.15) is 11.1 Å². The smallest absolute Gasteiger partial charge is 0.328 e. The number of fused-ring (bicyclic) bond motifs is 4. The Hall–Kier alpha value is -3.17. The minimum atomic E-state index is -0.412. The number of anilines is 2. The summed E-state index contributed by atoms with van der Waals surface area (Å²) in [7, 11) is 0. The van der Waals surface area contributed by atoms with Gasteiger partial charge in [0, 0.05) is 12.1 Å². The molecule has 0 radical (unpaired) electrons. The van der Waals surface area contributed by atoms with Gasteiger partial charge in [-0.2, -0.15) is 0 Å². The molecule has 0 fully saturated rings. The summed E-state index contributed by atoms with van der Waals surface area (Å²) in [6.45, 7) is 1.38. The van der Waals surface area contributed by atoms with Gasteiger partial charge < -0.3 is 19.5 Å². The number of halogens is 1. The molecule has 1 aromatic heterocycles. The molecule has 1 N–H and O–H groups in total. The molecular formula is C20H14FN3O4S. The fraction of sp³-hybridized carbons (Fsp3) is 0.200. The predicted octanol–water partition coefficient (Wildman–Crippen LogP) is 3.94. The monoisotopic (exact) mass is 411 g/mol. The second kappa shape index (κ2) is 6.16. The highest BCUT2D eigenvalue weighted by Gasteiger charge is 2.32. The SMILES string of the molecule is O=C1NCc2c(C3=CCOC3)cc(F)cc2N1c1nc2c3c(ccc2s1)OCO3. The third kappa shape index (κ3) is 2.51. The van der Waals surface area contributed by atoms with E-state index in [1.165, 1.54) is 28.4 Å². The first-order valence-electron chi connectivity index (χ1n) is 9.06. The minimum Gasteiger partial charge on any atom is -0.454 e. The molecule has 0 spiro atoms. The Kier molecular flexibility index (Phi) is 3.56. The van der Waals surface area contributed by atoms with E-state index in [0.29, 0.717) is 47.6 Å². The van der Waals surface area contributed by atoms with Crippen molar-refractivity contribution in [2.24, 2.45) is 0 Å². The average molecular weight is 411 g/mol. The maximum absolute atomic E-state index is 14.5. The lowest BCUT2D eigenvalue weighted by molar-refractivity contribution is 0.174. The summed E-state index contributed by atoms with van der Waals surface area (Å²) in [6, 6.07) is 6.22. The first-order chi connectivity index (χ1) is 14.2. The number of thiazole rings is 1. The number of nitrogens with zero attached hydrogens (tertiary/aromatic N) is 2. The third-order valence-electron chi connectivity index (χ3n) is 5.18. The molecule has 6 rings (SSSR count). The first-order valence-corrected chi connectivity index (χ1v) is 9.87. The van der Waals surface area contributed by atoms with Crippen molar-refractivity contribution < 1.29 is 23.4 Å². The molecule has 29 heavy (non-hydrogen) atoms. The molecule has 2 amide bonds. The van der Waals surface area contributed by atoms with Crippen molar-refractivity contribution in [3.05, 3.63) is 47.3 Å². The largest absolute Gasteiger partial charge is 0.454 e. The van der Waals surface area contributed by atoms with Crippen LogP contribution in [0.25, 0.3) is 15.8 Å². The molecule has 0 saturated carbocycles. The highest BCUT2D eigenvalue weighted by molar-refractivity contribution is 7.22. The van der Waals surface area contributed by atoms with Crippen molar-refractivity contribution in [3.8, 4) is 11.5 Å². The van der Waals surface area contributed by atoms with Crippen molar-refractivity contribution in [1.82, 2.24) is 10.3 Å². The van der Waals surface area contributed by atoms with E-state index in [0.717, 1.165) is 21.4 Å². The van der Waals surface area contributed by atoms with Gasteiger partial charge in [-0.3, -0.25) is 0 Å². The van der Waals surface area contributed by atoms with E-state index in [4.69, 9.17) is 14.2 Å². The van der Waals surface area contributed by atoms with E-state index < -0.39 is 5.82 Å². The van der Waals surface area contributed by atoms with Gasteiger partial charge >= 0.3 is 6.03 Å². The van der Waals surface area contributed by atoms with Crippen molar-refractivity contribution in [2.75, 3.05) is 24.9 Å². The summed E-state index contributed by atoms with van der Waals surface area (Å²) in [5, 5.41) is 3.31. The van der Waals surface area contributed by atoms with Gasteiger partial charge in [-0.25, -0.2) is 19.1 Å². The van der Waals surface area contributed by atoms with E-state index >= 15 is 0 Å². The van der Waals surface area contributed by atoms with E-state index in [2.05, 4.69) is 10.3 Å². The molecule has 0 saturated heterocycles. The summed E-state index contributed by atoms with van der Waals surface area (Å²) in [4.78, 5) is 18.8. The van der Waals surface area contributed by atoms with Gasteiger partial charge in [0.05, 0.1) is 23.6 Å². The average Bonchev–Trinajstić information content (AvgIpc) is 3.45. The number of carbonyl (C=O) groups excluding carboxylic acids is 1. The van der Waals surface area contributed by atoms with E-state index in [1.54, 1.807) is 0 Å². The van der Waals surface area contributed by atoms with Crippen LogP contribution < -0.4 is 19.7 Å². The summed E-state index contributed by atoms with van der Waals surface area (Å²) in [5.41, 5.74) is 3.63. The molecule has 7 nitrogen and oxygen atoms in total. The quantitative estimate of drug-likeness (QED) is 0.692. The molecule has 3 aromatic rings. The van der Waals surface area contributed by atoms with E-state index in [1.807, 2.05) is 18.2 Å². The lowest BCUT2D eigenvalue weighted by Crippen LogP contribution is -2.41. The number of nitrogens with one attached hydrogen (secondary N) is 1. The van der Waals surface area contributed by atoms with Gasteiger partial charge in [-0.15, -0.1) is 0 Å². The molecule has 0 atom stereocenters. The summed E-state index contributed by atoms with van der Waals surface area (Å²) in [6.07, 6.45) is 1.94. The van der Waals surface area contributed by atoms with Crippen LogP contribution in [0, 0.1) is 5.82 Å². The zero-order valence-electron chi connectivity index (χ0n) is 15.0. The van der Waals surface area contributed by atoms with Crippen LogP contribution >= 0.6 is 11.3 Å². The molecule has 0 aliphatic carbocycles. The molecule has 0 bridgehead atoms. The molecule has 4 heterocycles. The molecule has 0 unspecified atom stereocenters. The maximum atomic E-state index is 14.5. The van der Waals surface area contributed by atoms with Gasteiger partial charge in [-0.1, -0.05) is 17.4 Å². The van der Waals surface area contributed by atoms with Crippen molar-refractivity contribution in [1.29, 1.82) is 0 Å². The van der Waals surface area contributed by atoms with E-state index in [-0.39, 0.29) is 12.8 Å². The number of benzene rings is 2. The predicted molar refractivity (Wildman–Crippen MR) is 105 cm³/mol. The van der Waals surface area contributed by atoms with Gasteiger partial charge in [0.2, 0.25) is 6.79 Å². The van der Waals surface area contributed by atoms with Crippen LogP contribution in [0.2, 0.25) is 0 Å². The molecular weight excluding hydrogens is 397 g/mol. The second-order valence-electron chi connectivity index (χ2n) is 6.83. The van der Waals surface area contributed by atoms with Crippen molar-refractivity contribution in [2.45, 2.75) is 6.54 Å². The molecule has 146 valence electrons. The van der Waals surface area contributed by atoms with Gasteiger partial charge in [-0.05, 0) is 35.4 Å². The standard InChI is InChI=1S/C20H14FN3O4S/c21-11-5-12(10-3-4-26-8-10)13-7-22-19(25)24(14(13)6-11)20-23-17-16(29-20)2-1-15-18(17)28-9-27-15/h1-3,5-6H,4,7-9H2,(H,22,25). The van der Waals surface area contributed by atoms with Gasteiger partial charge in [0.15, 0.2) is 16.6 Å². The Morgan fingerprint density at radius 3 is 3.03 bits per heavy atom. The van der Waals surface area contributed by atoms with Gasteiger partial charge in [0.25, 0.3) is 0 Å². The Morgan fingerprint density at radius 2 is 2.17 bits per heavy atom. The van der Waals surface area contributed by atoms with E-state index in [9.17, 15) is 9.18 Å². The van der Waals surface area contributed by atoms with Crippen LogP contribution in [0.3, 0.4) is 0 Å². The minimum absolute atomic E-state index is 0.139. The lowest BCUT2D eigenvalue weighted by Gasteiger charge is -2.29. The summed E-state index contributed by atoms with van der Waals surface area (Å²) >= 11 is 1.34. The number of urea groups is 1. The highest BCUT2D eigenvalue weighted by atomic mass is 32.1. The number of ether oxygens (including phenoxy) is 3. The van der Waals surface area contributed by atoms with Crippen LogP contribution in [-0.4, -0.2) is 31.0 Å². The molecule has 3 aliphatic heterocycles. The lowest BCUT2D eigenvalue weighted by atomic mass is 9.97. The molecule has 2 aromatic carbocycles. The molecule has 9 heteroatoms. The fourth-order valence-electron chi connectivity index (χ4n) is 3.85. The van der Waals surface area contributed by atoms with Crippen molar-refractivity contribution in [3.63, 3.8) is 0 Å². The Morgan fingerprint density at radius 1 is 1.24 bits per heavy atom. The van der Waals surface area contributed by atoms with Crippen LogP contribution in [0.15, 0.2) is 30.3 Å². The molecule has 3 aliphatic rings. The van der Waals surface area contributed by atoms with Crippen LogP contribution in [-0.2, 0) is 11.3 Å². The zero-order chi connectivity index (χ0) is 19.5.